The van der Waals surface area contributed by atoms with Crippen molar-refractivity contribution >= 4 is 0 Å². The van der Waals surface area contributed by atoms with E-state index in [1.54, 1.807) is 0 Å². The summed E-state index contributed by atoms with van der Waals surface area (Å²) < 4.78 is 0. The number of rotatable bonds is 1. The van der Waals surface area contributed by atoms with Crippen molar-refractivity contribution in [2.75, 3.05) is 13.1 Å². The Morgan fingerprint density at radius 2 is 1.10 bits per heavy atom. The van der Waals surface area contributed by atoms with Gasteiger partial charge in [0.15, 0.2) is 0 Å². The maximum Gasteiger partial charge on any atom is 2.00 e. The van der Waals surface area contributed by atoms with Crippen molar-refractivity contribution in [1.82, 2.24) is 10.6 Å². The molecule has 4 aliphatic rings. The fourth-order valence-corrected chi connectivity index (χ4v) is 4.75. The molecule has 0 aromatic rings. The Kier molecular flexibility index (Phi) is 5.72. The molecule has 0 saturated carbocycles. The molecule has 4 aliphatic heterocycles. The van der Waals surface area contributed by atoms with Crippen molar-refractivity contribution in [1.29, 1.82) is 0 Å². The van der Waals surface area contributed by atoms with E-state index in [2.05, 4.69) is 10.6 Å². The van der Waals surface area contributed by atoms with Crippen molar-refractivity contribution in [3.05, 3.63) is 10.6 Å². The summed E-state index contributed by atoms with van der Waals surface area (Å²) in [5.41, 5.74) is 0. The Morgan fingerprint density at radius 3 is 1.57 bits per heavy atom. The number of hydrogen-bond donors (Lipinski definition) is 2. The van der Waals surface area contributed by atoms with Gasteiger partial charge in [-0.15, -0.1) is 0 Å². The second-order valence-corrected chi connectivity index (χ2v) is 7.19. The minimum atomic E-state index is 0. The number of piperidine rings is 4. The van der Waals surface area contributed by atoms with Crippen molar-refractivity contribution in [3.63, 3.8) is 0 Å². The van der Waals surface area contributed by atoms with Crippen molar-refractivity contribution in [3.8, 4) is 0 Å². The van der Waals surface area contributed by atoms with E-state index in [1.807, 2.05) is 0 Å². The molecule has 6 atom stereocenters. The molecule has 0 aliphatic carbocycles. The van der Waals surface area contributed by atoms with Crippen LogP contribution in [0, 0.1) is 11.8 Å². The normalized spacial score (nSPS) is 46.9. The van der Waals surface area contributed by atoms with Gasteiger partial charge in [-0.2, -0.15) is 12.1 Å². The second-order valence-electron chi connectivity index (χ2n) is 7.19. The van der Waals surface area contributed by atoms with E-state index in [9.17, 15) is 0 Å². The van der Waals surface area contributed by atoms with E-state index in [0.717, 1.165) is 24.9 Å². The third-order valence-electron chi connectivity index (χ3n) is 5.92. The van der Waals surface area contributed by atoms with Gasteiger partial charge in [0.05, 0.1) is 0 Å². The minimum absolute atomic E-state index is 0. The van der Waals surface area contributed by atoms with Gasteiger partial charge in [0.25, 0.3) is 0 Å². The van der Waals surface area contributed by atoms with Crippen LogP contribution in [0.1, 0.15) is 51.4 Å². The van der Waals surface area contributed by atoms with Gasteiger partial charge in [-0.05, 0) is 50.6 Å². The third kappa shape index (κ3) is 3.53. The van der Waals surface area contributed by atoms with E-state index in [0.29, 0.717) is 24.4 Å². The molecule has 5 heteroatoms. The van der Waals surface area contributed by atoms with E-state index in [4.69, 9.17) is 10.6 Å². The van der Waals surface area contributed by atoms with Crippen LogP contribution in [-0.4, -0.2) is 37.5 Å². The zero-order valence-corrected chi connectivity index (χ0v) is 14.5. The molecular formula is C16H28N4Ru. The van der Waals surface area contributed by atoms with Crippen LogP contribution >= 0.6 is 0 Å². The van der Waals surface area contributed by atoms with E-state index >= 15 is 0 Å². The van der Waals surface area contributed by atoms with Gasteiger partial charge in [0.2, 0.25) is 0 Å². The van der Waals surface area contributed by atoms with Gasteiger partial charge >= 0.3 is 19.5 Å². The van der Waals surface area contributed by atoms with E-state index < -0.39 is 0 Å². The number of nitrogens with one attached hydrogen (secondary N) is 2. The van der Waals surface area contributed by atoms with Gasteiger partial charge in [0, 0.05) is 0 Å². The number of hydrogen-bond acceptors (Lipinski definition) is 2. The summed E-state index contributed by atoms with van der Waals surface area (Å²) in [7, 11) is 0. The summed E-state index contributed by atoms with van der Waals surface area (Å²) in [4.78, 5) is 0. The van der Waals surface area contributed by atoms with Crippen LogP contribution < -0.4 is 10.6 Å². The van der Waals surface area contributed by atoms with Crippen LogP contribution in [0.4, 0.5) is 0 Å². The minimum Gasteiger partial charge on any atom is -0.645 e. The van der Waals surface area contributed by atoms with E-state index in [1.165, 1.54) is 51.4 Å². The fraction of sp³-hybridized carbons (Fsp3) is 1.00. The number of nitrogens with zero attached hydrogens (tertiary/aromatic N) is 2. The smallest absolute Gasteiger partial charge is 0.645 e. The fourth-order valence-electron chi connectivity index (χ4n) is 4.75. The zero-order valence-electron chi connectivity index (χ0n) is 12.8. The molecule has 0 amide bonds. The first-order chi connectivity index (χ1) is 9.90. The summed E-state index contributed by atoms with van der Waals surface area (Å²) in [5, 5.41) is 17.5. The summed E-state index contributed by atoms with van der Waals surface area (Å²) in [5.74, 6) is 1.62. The molecule has 0 aromatic heterocycles. The molecule has 120 valence electrons. The van der Waals surface area contributed by atoms with Crippen LogP contribution in [0.15, 0.2) is 0 Å². The summed E-state index contributed by atoms with van der Waals surface area (Å²) in [6.45, 7) is 2.32. The maximum absolute atomic E-state index is 5.13. The van der Waals surface area contributed by atoms with Gasteiger partial charge in [-0.1, -0.05) is 38.0 Å². The van der Waals surface area contributed by atoms with Crippen LogP contribution in [0.5, 0.6) is 0 Å². The standard InChI is InChI=1S/C16H28N4.Ru/c1-3-11-5-7-13(19-15(11)17-9-1)14-8-6-12-4-2-10-18-16(12)20-14;/h11-18H,1-10H2;/q-2;+2. The molecule has 0 radical (unpaired) electrons. The van der Waals surface area contributed by atoms with Crippen LogP contribution in [-0.2, 0) is 19.5 Å². The second kappa shape index (κ2) is 7.36. The van der Waals surface area contributed by atoms with Crippen LogP contribution in [0.25, 0.3) is 10.6 Å². The molecule has 4 fully saturated rings. The van der Waals surface area contributed by atoms with Gasteiger partial charge < -0.3 is 21.3 Å². The molecule has 0 bridgehead atoms. The molecular weight excluding hydrogens is 349 g/mol. The summed E-state index contributed by atoms with van der Waals surface area (Å²) in [6, 6.07) is 0.984. The Morgan fingerprint density at radius 1 is 0.619 bits per heavy atom. The van der Waals surface area contributed by atoms with E-state index in [-0.39, 0.29) is 19.5 Å². The van der Waals surface area contributed by atoms with Crippen molar-refractivity contribution in [2.45, 2.75) is 75.8 Å². The summed E-state index contributed by atoms with van der Waals surface area (Å²) in [6.07, 6.45) is 11.6. The van der Waals surface area contributed by atoms with Crippen LogP contribution in [0.3, 0.4) is 0 Å². The molecule has 4 rings (SSSR count). The topological polar surface area (TPSA) is 52.3 Å². The first-order valence-corrected chi connectivity index (χ1v) is 8.77. The maximum atomic E-state index is 5.13. The molecule has 21 heavy (non-hydrogen) atoms. The third-order valence-corrected chi connectivity index (χ3v) is 5.92. The average Bonchev–Trinajstić information content (AvgIpc) is 2.54. The first-order valence-electron chi connectivity index (χ1n) is 8.77. The predicted molar refractivity (Wildman–Crippen MR) is 81.8 cm³/mol. The SMILES string of the molecule is C1CNC2[N-]C(C3CCC4CCCNC4[N-]3)CCC2C1.[Ru+2]. The Bertz CT molecular complexity index is 308. The Labute approximate surface area is 141 Å². The van der Waals surface area contributed by atoms with Gasteiger partial charge in [-0.25, -0.2) is 0 Å². The Balaban J connectivity index is 0.00000132. The Hall–Kier alpha value is 0.463. The van der Waals surface area contributed by atoms with Crippen molar-refractivity contribution < 1.29 is 19.5 Å². The molecule has 0 spiro atoms. The molecule has 4 heterocycles. The molecule has 2 N–H and O–H groups in total. The molecule has 6 unspecified atom stereocenters. The quantitative estimate of drug-likeness (QED) is 0.691. The average molecular weight is 377 g/mol. The van der Waals surface area contributed by atoms with Crippen LogP contribution in [0.2, 0.25) is 0 Å². The molecule has 4 nitrogen and oxygen atoms in total. The van der Waals surface area contributed by atoms with Crippen molar-refractivity contribution in [2.24, 2.45) is 11.8 Å². The molecule has 4 saturated heterocycles. The number of fused-ring (bicyclic) bond motifs is 2. The largest absolute Gasteiger partial charge is 2.00 e. The zero-order chi connectivity index (χ0) is 13.4. The molecule has 0 aromatic carbocycles. The first kappa shape index (κ1) is 16.3. The monoisotopic (exact) mass is 378 g/mol. The predicted octanol–water partition coefficient (Wildman–Crippen LogP) is 2.71. The van der Waals surface area contributed by atoms with Gasteiger partial charge in [0.1, 0.15) is 0 Å². The summed E-state index contributed by atoms with van der Waals surface area (Å²) >= 11 is 0. The van der Waals surface area contributed by atoms with Gasteiger partial charge in [-0.3, -0.25) is 0 Å².